The fourth-order valence-corrected chi connectivity index (χ4v) is 3.94. The lowest BCUT2D eigenvalue weighted by atomic mass is 10.00. The molecule has 2 unspecified atom stereocenters. The Morgan fingerprint density at radius 1 is 1.26 bits per heavy atom. The summed E-state index contributed by atoms with van der Waals surface area (Å²) in [4.78, 5) is 11.4. The fourth-order valence-electron chi connectivity index (χ4n) is 3.55. The normalized spacial score (nSPS) is 30.2. The number of aromatic nitrogens is 3. The van der Waals surface area contributed by atoms with Crippen molar-refractivity contribution in [3.05, 3.63) is 23.2 Å². The predicted molar refractivity (Wildman–Crippen MR) is 75.2 cm³/mol. The average Bonchev–Trinajstić information content (AvgIpc) is 2.92. The molecular weight excluding hydrogens is 308 g/mol. The zero-order chi connectivity index (χ0) is 13.0. The van der Waals surface area contributed by atoms with E-state index in [4.69, 9.17) is 0 Å². The molecule has 0 aliphatic carbocycles. The van der Waals surface area contributed by atoms with Crippen LogP contribution in [0.4, 0.5) is 5.82 Å². The quantitative estimate of drug-likeness (QED) is 0.872. The van der Waals surface area contributed by atoms with Crippen molar-refractivity contribution >= 4 is 27.4 Å². The smallest absolute Gasteiger partial charge is 0.180 e. The first-order chi connectivity index (χ1) is 9.22. The first-order valence-corrected chi connectivity index (χ1v) is 7.47. The second kappa shape index (κ2) is 4.18. The molecule has 4 heterocycles. The lowest BCUT2D eigenvalue weighted by molar-refractivity contribution is 0.126. The number of aliphatic hydroxyl groups is 1. The Bertz CT molecular complexity index is 614. The Balaban J connectivity index is 1.84. The van der Waals surface area contributed by atoms with Gasteiger partial charge in [-0.2, -0.15) is 0 Å². The van der Waals surface area contributed by atoms with Crippen molar-refractivity contribution in [3.8, 4) is 0 Å². The van der Waals surface area contributed by atoms with Gasteiger partial charge < -0.3 is 14.4 Å². The fraction of sp³-hybridized carbons (Fsp3) is 0.538. The van der Waals surface area contributed by atoms with Crippen LogP contribution in [0.1, 0.15) is 25.7 Å². The van der Waals surface area contributed by atoms with Crippen LogP contribution in [-0.2, 0) is 0 Å². The van der Waals surface area contributed by atoms with E-state index < -0.39 is 0 Å². The highest BCUT2D eigenvalue weighted by Gasteiger charge is 2.41. The number of imidazole rings is 1. The van der Waals surface area contributed by atoms with Crippen molar-refractivity contribution in [2.24, 2.45) is 0 Å². The first kappa shape index (κ1) is 11.7. The molecule has 6 heteroatoms. The van der Waals surface area contributed by atoms with Crippen molar-refractivity contribution < 1.29 is 5.11 Å². The van der Waals surface area contributed by atoms with E-state index >= 15 is 0 Å². The van der Waals surface area contributed by atoms with Crippen LogP contribution in [0.15, 0.2) is 23.2 Å². The standard InChI is InChI=1S/C13H15BrN4O/c14-11-7-17-4-3-15-12(17)13(16-11)18-8-1-2-9(18)6-10(19)5-8/h3-4,7-10,19H,1-2,5-6H2. The minimum atomic E-state index is -0.156. The van der Waals surface area contributed by atoms with Crippen molar-refractivity contribution in [1.82, 2.24) is 14.4 Å². The van der Waals surface area contributed by atoms with Crippen LogP contribution in [0.25, 0.3) is 5.65 Å². The number of halogens is 1. The van der Waals surface area contributed by atoms with Crippen LogP contribution in [0.3, 0.4) is 0 Å². The summed E-state index contributed by atoms with van der Waals surface area (Å²) in [6, 6.07) is 0.798. The van der Waals surface area contributed by atoms with Gasteiger partial charge in [-0.15, -0.1) is 0 Å². The molecule has 5 nitrogen and oxygen atoms in total. The summed E-state index contributed by atoms with van der Waals surface area (Å²) in [5.74, 6) is 0.943. The van der Waals surface area contributed by atoms with Crippen molar-refractivity contribution in [2.75, 3.05) is 4.90 Å². The highest BCUT2D eigenvalue weighted by Crippen LogP contribution is 2.40. The summed E-state index contributed by atoms with van der Waals surface area (Å²) in [6.07, 6.45) is 9.48. The van der Waals surface area contributed by atoms with Crippen LogP contribution < -0.4 is 4.90 Å². The summed E-state index contributed by atoms with van der Waals surface area (Å²) < 4.78 is 2.81. The van der Waals surface area contributed by atoms with E-state index in [1.165, 1.54) is 0 Å². The maximum atomic E-state index is 9.91. The largest absolute Gasteiger partial charge is 0.393 e. The van der Waals surface area contributed by atoms with Crippen molar-refractivity contribution in [1.29, 1.82) is 0 Å². The van der Waals surface area contributed by atoms with Gasteiger partial charge in [0.15, 0.2) is 11.5 Å². The van der Waals surface area contributed by atoms with Gasteiger partial charge in [0.1, 0.15) is 4.60 Å². The molecule has 0 radical (unpaired) electrons. The Labute approximate surface area is 119 Å². The first-order valence-electron chi connectivity index (χ1n) is 6.68. The van der Waals surface area contributed by atoms with E-state index in [0.717, 1.165) is 41.8 Å². The summed E-state index contributed by atoms with van der Waals surface area (Å²) in [5, 5.41) is 9.91. The van der Waals surface area contributed by atoms with Gasteiger partial charge in [0.2, 0.25) is 0 Å². The van der Waals surface area contributed by atoms with Crippen LogP contribution in [0.2, 0.25) is 0 Å². The maximum absolute atomic E-state index is 9.91. The minimum absolute atomic E-state index is 0.156. The predicted octanol–water partition coefficient (Wildman–Crippen LogP) is 1.98. The van der Waals surface area contributed by atoms with Crippen LogP contribution in [0, 0.1) is 0 Å². The number of anilines is 1. The van der Waals surface area contributed by atoms with Gasteiger partial charge in [-0.3, -0.25) is 0 Å². The van der Waals surface area contributed by atoms with Crippen LogP contribution in [0.5, 0.6) is 0 Å². The molecule has 2 aliphatic heterocycles. The third-order valence-electron chi connectivity index (χ3n) is 4.28. The Morgan fingerprint density at radius 2 is 2.00 bits per heavy atom. The SMILES string of the molecule is OC1CC2CCC(C1)N2c1nc(Br)cn2ccnc12. The second-order valence-electron chi connectivity index (χ2n) is 5.46. The van der Waals surface area contributed by atoms with Gasteiger partial charge in [-0.05, 0) is 41.6 Å². The molecule has 4 rings (SSSR count). The van der Waals surface area contributed by atoms with Crippen molar-refractivity contribution in [2.45, 2.75) is 43.9 Å². The molecule has 0 aromatic carbocycles. The summed E-state index contributed by atoms with van der Waals surface area (Å²) in [6.45, 7) is 0. The van der Waals surface area contributed by atoms with Gasteiger partial charge in [0, 0.05) is 30.7 Å². The molecule has 100 valence electrons. The van der Waals surface area contributed by atoms with Crippen molar-refractivity contribution in [3.63, 3.8) is 0 Å². The van der Waals surface area contributed by atoms with E-state index in [1.807, 2.05) is 16.8 Å². The molecule has 2 saturated heterocycles. The molecule has 2 bridgehead atoms. The monoisotopic (exact) mass is 322 g/mol. The maximum Gasteiger partial charge on any atom is 0.180 e. The van der Waals surface area contributed by atoms with Crippen LogP contribution >= 0.6 is 15.9 Å². The number of hydrogen-bond donors (Lipinski definition) is 1. The number of piperidine rings is 1. The molecule has 0 spiro atoms. The molecule has 19 heavy (non-hydrogen) atoms. The highest BCUT2D eigenvalue weighted by atomic mass is 79.9. The third-order valence-corrected chi connectivity index (χ3v) is 4.66. The van der Waals surface area contributed by atoms with Gasteiger partial charge in [0.05, 0.1) is 6.10 Å². The molecule has 0 amide bonds. The van der Waals surface area contributed by atoms with Crippen LogP contribution in [-0.4, -0.2) is 37.7 Å². The summed E-state index contributed by atoms with van der Waals surface area (Å²) >= 11 is 3.47. The topological polar surface area (TPSA) is 53.7 Å². The second-order valence-corrected chi connectivity index (χ2v) is 6.28. The average molecular weight is 323 g/mol. The Hall–Kier alpha value is -1.14. The molecule has 2 aromatic rings. The molecule has 1 N–H and O–H groups in total. The van der Waals surface area contributed by atoms with Gasteiger partial charge in [0.25, 0.3) is 0 Å². The van der Waals surface area contributed by atoms with Gasteiger partial charge in [-0.1, -0.05) is 0 Å². The molecular formula is C13H15BrN4O. The Morgan fingerprint density at radius 3 is 2.74 bits per heavy atom. The number of aliphatic hydroxyl groups excluding tert-OH is 1. The minimum Gasteiger partial charge on any atom is -0.393 e. The molecule has 2 aliphatic rings. The molecule has 2 atom stereocenters. The molecule has 0 saturated carbocycles. The number of hydrogen-bond acceptors (Lipinski definition) is 4. The van der Waals surface area contributed by atoms with E-state index in [-0.39, 0.29) is 6.10 Å². The lowest BCUT2D eigenvalue weighted by Crippen LogP contribution is -2.45. The van der Waals surface area contributed by atoms with E-state index in [2.05, 4.69) is 30.8 Å². The van der Waals surface area contributed by atoms with Gasteiger partial charge in [-0.25, -0.2) is 9.97 Å². The van der Waals surface area contributed by atoms with E-state index in [9.17, 15) is 5.11 Å². The number of fused-ring (bicyclic) bond motifs is 3. The lowest BCUT2D eigenvalue weighted by Gasteiger charge is -2.38. The van der Waals surface area contributed by atoms with E-state index in [1.54, 1.807) is 6.20 Å². The zero-order valence-corrected chi connectivity index (χ0v) is 12.0. The summed E-state index contributed by atoms with van der Waals surface area (Å²) in [5.41, 5.74) is 0.900. The highest BCUT2D eigenvalue weighted by molar-refractivity contribution is 9.10. The number of rotatable bonds is 1. The zero-order valence-electron chi connectivity index (χ0n) is 10.4. The third kappa shape index (κ3) is 1.77. The molecule has 2 aromatic heterocycles. The number of nitrogens with zero attached hydrogens (tertiary/aromatic N) is 4. The molecule has 2 fully saturated rings. The van der Waals surface area contributed by atoms with E-state index in [0.29, 0.717) is 12.1 Å². The Kier molecular flexibility index (Phi) is 2.57. The van der Waals surface area contributed by atoms with Gasteiger partial charge >= 0.3 is 0 Å². The summed E-state index contributed by atoms with van der Waals surface area (Å²) in [7, 11) is 0.